The Balaban J connectivity index is 0.00000132. The first-order chi connectivity index (χ1) is 10.3. The molecule has 23 heavy (non-hydrogen) atoms. The standard InChI is InChI=1S/C16H22F2N2O.2ClH/c17-16(18)21-14-7-2-1-6-13(14)15(12-4-3-5-12)20-10-8-19-9-11-20;;/h1-2,6-7,12,15-16,19H,3-5,8-11H2;2*1H/t15-;;/m0../s1. The number of hydrogen-bond acceptors (Lipinski definition) is 3. The molecule has 2 fully saturated rings. The van der Waals surface area contributed by atoms with Crippen molar-refractivity contribution in [3.05, 3.63) is 29.8 Å². The van der Waals surface area contributed by atoms with Crippen LogP contribution in [-0.2, 0) is 0 Å². The molecule has 1 heterocycles. The molecule has 3 nitrogen and oxygen atoms in total. The first kappa shape index (κ1) is 20.4. The van der Waals surface area contributed by atoms with Gasteiger partial charge in [-0.05, 0) is 24.8 Å². The van der Waals surface area contributed by atoms with E-state index in [-0.39, 0.29) is 30.9 Å². The van der Waals surface area contributed by atoms with Gasteiger partial charge in [0.05, 0.1) is 0 Å². The summed E-state index contributed by atoms with van der Waals surface area (Å²) in [7, 11) is 0. The fourth-order valence-electron chi connectivity index (χ4n) is 3.39. The van der Waals surface area contributed by atoms with Gasteiger partial charge in [-0.3, -0.25) is 4.90 Å². The number of nitrogens with one attached hydrogen (secondary N) is 1. The molecule has 1 aromatic carbocycles. The maximum absolute atomic E-state index is 12.7. The lowest BCUT2D eigenvalue weighted by atomic mass is 9.76. The van der Waals surface area contributed by atoms with E-state index in [1.807, 2.05) is 12.1 Å². The quantitative estimate of drug-likeness (QED) is 0.853. The van der Waals surface area contributed by atoms with E-state index in [2.05, 4.69) is 10.2 Å². The molecule has 1 atom stereocenters. The van der Waals surface area contributed by atoms with Crippen LogP contribution in [0, 0.1) is 5.92 Å². The van der Waals surface area contributed by atoms with Crippen LogP contribution in [0.5, 0.6) is 5.75 Å². The molecule has 0 radical (unpaired) electrons. The highest BCUT2D eigenvalue weighted by molar-refractivity contribution is 5.85. The molecule has 1 aromatic rings. The van der Waals surface area contributed by atoms with Crippen molar-refractivity contribution in [1.82, 2.24) is 10.2 Å². The predicted molar refractivity (Wildman–Crippen MR) is 92.1 cm³/mol. The van der Waals surface area contributed by atoms with Gasteiger partial charge in [0, 0.05) is 37.8 Å². The maximum Gasteiger partial charge on any atom is 0.387 e. The molecule has 0 amide bonds. The van der Waals surface area contributed by atoms with Gasteiger partial charge >= 0.3 is 6.61 Å². The molecule has 1 saturated carbocycles. The van der Waals surface area contributed by atoms with Crippen molar-refractivity contribution in [2.75, 3.05) is 26.2 Å². The molecule has 1 aliphatic carbocycles. The molecule has 0 spiro atoms. The lowest BCUT2D eigenvalue weighted by molar-refractivity contribution is -0.0520. The zero-order chi connectivity index (χ0) is 14.7. The number of halogens is 4. The highest BCUT2D eigenvalue weighted by atomic mass is 35.5. The maximum atomic E-state index is 12.7. The molecule has 0 unspecified atom stereocenters. The van der Waals surface area contributed by atoms with Gasteiger partial charge < -0.3 is 10.1 Å². The van der Waals surface area contributed by atoms with Crippen LogP contribution in [0.2, 0.25) is 0 Å². The van der Waals surface area contributed by atoms with Gasteiger partial charge in [0.25, 0.3) is 0 Å². The minimum Gasteiger partial charge on any atom is -0.434 e. The Kier molecular flexibility index (Phi) is 8.54. The lowest BCUT2D eigenvalue weighted by Gasteiger charge is -2.43. The molecule has 3 rings (SSSR count). The van der Waals surface area contributed by atoms with E-state index in [1.165, 1.54) is 19.3 Å². The van der Waals surface area contributed by atoms with E-state index < -0.39 is 6.61 Å². The Labute approximate surface area is 148 Å². The molecule has 1 aliphatic heterocycles. The summed E-state index contributed by atoms with van der Waals surface area (Å²) in [5.41, 5.74) is 0.921. The Hall–Kier alpha value is -0.620. The van der Waals surface area contributed by atoms with Crippen molar-refractivity contribution in [2.24, 2.45) is 5.92 Å². The summed E-state index contributed by atoms with van der Waals surface area (Å²) in [4.78, 5) is 2.42. The Morgan fingerprint density at radius 2 is 1.74 bits per heavy atom. The molecule has 0 aromatic heterocycles. The smallest absolute Gasteiger partial charge is 0.387 e. The van der Waals surface area contributed by atoms with Crippen molar-refractivity contribution < 1.29 is 13.5 Å². The number of rotatable bonds is 5. The fourth-order valence-corrected chi connectivity index (χ4v) is 3.39. The van der Waals surface area contributed by atoms with Gasteiger partial charge in [0.15, 0.2) is 0 Å². The molecule has 2 aliphatic rings. The summed E-state index contributed by atoms with van der Waals surface area (Å²) < 4.78 is 30.1. The van der Waals surface area contributed by atoms with Crippen molar-refractivity contribution in [3.63, 3.8) is 0 Å². The monoisotopic (exact) mass is 368 g/mol. The minimum absolute atomic E-state index is 0. The van der Waals surface area contributed by atoms with Crippen LogP contribution in [-0.4, -0.2) is 37.7 Å². The molecular weight excluding hydrogens is 345 g/mol. The SMILES string of the molecule is Cl.Cl.FC(F)Oc1ccccc1[C@H](C1CCC1)N1CCNCC1. The van der Waals surface area contributed by atoms with Crippen LogP contribution in [0.1, 0.15) is 30.9 Å². The highest BCUT2D eigenvalue weighted by Crippen LogP contribution is 2.44. The Morgan fingerprint density at radius 1 is 1.09 bits per heavy atom. The van der Waals surface area contributed by atoms with Gasteiger partial charge in [-0.25, -0.2) is 0 Å². The first-order valence-corrected chi connectivity index (χ1v) is 7.74. The van der Waals surface area contributed by atoms with Crippen LogP contribution < -0.4 is 10.1 Å². The summed E-state index contributed by atoms with van der Waals surface area (Å²) in [6.45, 7) is 1.08. The zero-order valence-corrected chi connectivity index (χ0v) is 14.6. The van der Waals surface area contributed by atoms with E-state index >= 15 is 0 Å². The molecule has 7 heteroatoms. The average Bonchev–Trinajstić information content (AvgIpc) is 2.44. The van der Waals surface area contributed by atoms with Gasteiger partial charge in [-0.1, -0.05) is 24.6 Å². The number of para-hydroxylation sites is 1. The number of piperazine rings is 1. The molecule has 1 N–H and O–H groups in total. The third-order valence-electron chi connectivity index (χ3n) is 4.60. The first-order valence-electron chi connectivity index (χ1n) is 7.74. The number of benzene rings is 1. The third-order valence-corrected chi connectivity index (χ3v) is 4.60. The van der Waals surface area contributed by atoms with Crippen molar-refractivity contribution in [3.8, 4) is 5.75 Å². The largest absolute Gasteiger partial charge is 0.434 e. The molecular formula is C16H24Cl2F2N2O. The molecule has 0 bridgehead atoms. The molecule has 132 valence electrons. The van der Waals surface area contributed by atoms with E-state index in [9.17, 15) is 8.78 Å². The second-order valence-electron chi connectivity index (χ2n) is 5.84. The van der Waals surface area contributed by atoms with Crippen LogP contribution in [0.3, 0.4) is 0 Å². The second-order valence-corrected chi connectivity index (χ2v) is 5.84. The van der Waals surface area contributed by atoms with Gasteiger partial charge in [-0.15, -0.1) is 24.8 Å². The highest BCUT2D eigenvalue weighted by Gasteiger charge is 2.35. The van der Waals surface area contributed by atoms with E-state index in [4.69, 9.17) is 4.74 Å². The van der Waals surface area contributed by atoms with Gasteiger partial charge in [0.2, 0.25) is 0 Å². The van der Waals surface area contributed by atoms with Crippen molar-refractivity contribution >= 4 is 24.8 Å². The van der Waals surface area contributed by atoms with E-state index in [1.54, 1.807) is 12.1 Å². The van der Waals surface area contributed by atoms with Gasteiger partial charge in [-0.2, -0.15) is 8.78 Å². The van der Waals surface area contributed by atoms with Crippen LogP contribution in [0.25, 0.3) is 0 Å². The zero-order valence-electron chi connectivity index (χ0n) is 12.9. The summed E-state index contributed by atoms with van der Waals surface area (Å²) >= 11 is 0. The Morgan fingerprint density at radius 3 is 2.30 bits per heavy atom. The predicted octanol–water partition coefficient (Wildman–Crippen LogP) is 3.88. The number of ether oxygens (including phenoxy) is 1. The topological polar surface area (TPSA) is 24.5 Å². The molecule has 1 saturated heterocycles. The number of hydrogen-bond donors (Lipinski definition) is 1. The average molecular weight is 369 g/mol. The van der Waals surface area contributed by atoms with Crippen LogP contribution in [0.4, 0.5) is 8.78 Å². The number of alkyl halides is 2. The lowest BCUT2D eigenvalue weighted by Crippen LogP contribution is -2.48. The summed E-state index contributed by atoms with van der Waals surface area (Å²) in [5.74, 6) is 0.897. The minimum atomic E-state index is -2.77. The second kappa shape index (κ2) is 9.62. The Bertz CT molecular complexity index is 469. The van der Waals surface area contributed by atoms with Crippen LogP contribution >= 0.6 is 24.8 Å². The van der Waals surface area contributed by atoms with Crippen LogP contribution in [0.15, 0.2) is 24.3 Å². The van der Waals surface area contributed by atoms with Crippen molar-refractivity contribution in [1.29, 1.82) is 0 Å². The van der Waals surface area contributed by atoms with Crippen molar-refractivity contribution in [2.45, 2.75) is 31.9 Å². The number of nitrogens with zero attached hydrogens (tertiary/aromatic N) is 1. The summed E-state index contributed by atoms with van der Waals surface area (Å²) in [6, 6.07) is 7.49. The van der Waals surface area contributed by atoms with E-state index in [0.717, 1.165) is 31.7 Å². The summed E-state index contributed by atoms with van der Waals surface area (Å²) in [6.07, 6.45) is 3.60. The summed E-state index contributed by atoms with van der Waals surface area (Å²) in [5, 5.41) is 3.35. The fraction of sp³-hybridized carbons (Fsp3) is 0.625. The van der Waals surface area contributed by atoms with Gasteiger partial charge in [0.1, 0.15) is 5.75 Å². The van der Waals surface area contributed by atoms with E-state index in [0.29, 0.717) is 11.7 Å². The third kappa shape index (κ3) is 4.92. The normalized spacial score (nSPS) is 20.1.